The van der Waals surface area contributed by atoms with E-state index in [0.29, 0.717) is 13.0 Å². The molecule has 98 valence electrons. The van der Waals surface area contributed by atoms with Crippen LogP contribution in [0.5, 0.6) is 5.75 Å². The van der Waals surface area contributed by atoms with Crippen LogP contribution in [0.2, 0.25) is 0 Å². The molecule has 1 aromatic carbocycles. The summed E-state index contributed by atoms with van der Waals surface area (Å²) < 4.78 is 5.73. The Labute approximate surface area is 110 Å². The number of nitrogens with one attached hydrogen (secondary N) is 1. The van der Waals surface area contributed by atoms with Crippen molar-refractivity contribution >= 4 is 0 Å². The first kappa shape index (κ1) is 14.5. The van der Waals surface area contributed by atoms with Crippen LogP contribution in [0.3, 0.4) is 0 Å². The minimum Gasteiger partial charge on any atom is -0.493 e. The number of hydrogen-bond acceptors (Lipinski definition) is 3. The first-order valence-corrected chi connectivity index (χ1v) is 6.58. The molecule has 0 unspecified atom stereocenters. The third-order valence-electron chi connectivity index (χ3n) is 2.65. The van der Waals surface area contributed by atoms with Crippen LogP contribution in [0.1, 0.15) is 37.3 Å². The monoisotopic (exact) mass is 246 g/mol. The predicted octanol–water partition coefficient (Wildman–Crippen LogP) is 3.18. The van der Waals surface area contributed by atoms with E-state index < -0.39 is 0 Å². The van der Waals surface area contributed by atoms with Gasteiger partial charge in [0.05, 0.1) is 12.7 Å². The van der Waals surface area contributed by atoms with E-state index in [9.17, 15) is 0 Å². The number of benzene rings is 1. The largest absolute Gasteiger partial charge is 0.493 e. The van der Waals surface area contributed by atoms with Gasteiger partial charge in [0.25, 0.3) is 0 Å². The van der Waals surface area contributed by atoms with E-state index in [1.165, 1.54) is 11.1 Å². The average molecular weight is 246 g/mol. The smallest absolute Gasteiger partial charge is 0.123 e. The van der Waals surface area contributed by atoms with E-state index in [1.54, 1.807) is 0 Å². The molecule has 0 aliphatic rings. The first-order chi connectivity index (χ1) is 8.77. The Balaban J connectivity index is 2.56. The molecular weight excluding hydrogens is 224 g/mol. The van der Waals surface area contributed by atoms with E-state index in [-0.39, 0.29) is 0 Å². The number of ether oxygens (including phenoxy) is 1. The van der Waals surface area contributed by atoms with Crippen molar-refractivity contribution < 1.29 is 4.74 Å². The number of aryl methyl sites for hydroxylation is 1. The van der Waals surface area contributed by atoms with Gasteiger partial charge in [0.15, 0.2) is 0 Å². The minimum atomic E-state index is 0.551. The molecule has 0 aliphatic heterocycles. The van der Waals surface area contributed by atoms with Crippen molar-refractivity contribution in [3.05, 3.63) is 29.3 Å². The van der Waals surface area contributed by atoms with E-state index in [2.05, 4.69) is 37.4 Å². The van der Waals surface area contributed by atoms with Gasteiger partial charge in [0, 0.05) is 18.5 Å². The van der Waals surface area contributed by atoms with Gasteiger partial charge >= 0.3 is 0 Å². The van der Waals surface area contributed by atoms with E-state index in [0.717, 1.165) is 31.7 Å². The van der Waals surface area contributed by atoms with Crippen LogP contribution >= 0.6 is 0 Å². The molecule has 1 rings (SSSR count). The van der Waals surface area contributed by atoms with Crippen molar-refractivity contribution in [2.24, 2.45) is 0 Å². The lowest BCUT2D eigenvalue weighted by Crippen LogP contribution is -2.15. The zero-order chi connectivity index (χ0) is 13.2. The lowest BCUT2D eigenvalue weighted by atomic mass is 10.1. The molecule has 0 saturated carbocycles. The fourth-order valence-corrected chi connectivity index (χ4v) is 1.72. The Kier molecular flexibility index (Phi) is 6.90. The number of nitrogens with zero attached hydrogens (tertiary/aromatic N) is 1. The molecule has 0 aliphatic carbocycles. The van der Waals surface area contributed by atoms with Crippen LogP contribution in [0.25, 0.3) is 0 Å². The van der Waals surface area contributed by atoms with Crippen LogP contribution in [0.15, 0.2) is 18.2 Å². The molecule has 0 fully saturated rings. The fraction of sp³-hybridized carbons (Fsp3) is 0.533. The molecule has 0 amide bonds. The van der Waals surface area contributed by atoms with E-state index in [4.69, 9.17) is 10.00 Å². The zero-order valence-corrected chi connectivity index (χ0v) is 11.3. The molecule has 1 N–H and O–H groups in total. The summed E-state index contributed by atoms with van der Waals surface area (Å²) in [6.07, 6.45) is 2.46. The highest BCUT2D eigenvalue weighted by molar-refractivity contribution is 5.36. The van der Waals surface area contributed by atoms with Gasteiger partial charge in [0.1, 0.15) is 5.75 Å². The maximum absolute atomic E-state index is 8.48. The molecule has 1 aromatic rings. The van der Waals surface area contributed by atoms with Gasteiger partial charge < -0.3 is 10.1 Å². The van der Waals surface area contributed by atoms with Gasteiger partial charge in [-0.3, -0.25) is 0 Å². The van der Waals surface area contributed by atoms with Crippen LogP contribution in [-0.4, -0.2) is 13.2 Å². The Morgan fingerprint density at radius 3 is 2.94 bits per heavy atom. The highest BCUT2D eigenvalue weighted by Crippen LogP contribution is 2.20. The SMILES string of the molecule is CCCNCc1cc(C)ccc1OCCCC#N. The Morgan fingerprint density at radius 1 is 1.39 bits per heavy atom. The summed E-state index contributed by atoms with van der Waals surface area (Å²) >= 11 is 0. The lowest BCUT2D eigenvalue weighted by molar-refractivity contribution is 0.308. The summed E-state index contributed by atoms with van der Waals surface area (Å²) in [7, 11) is 0. The summed E-state index contributed by atoms with van der Waals surface area (Å²) in [6.45, 7) is 6.70. The van der Waals surface area contributed by atoms with Crippen molar-refractivity contribution in [2.45, 2.75) is 39.7 Å². The Bertz CT molecular complexity index is 396. The van der Waals surface area contributed by atoms with Crippen molar-refractivity contribution in [1.82, 2.24) is 5.32 Å². The quantitative estimate of drug-likeness (QED) is 0.716. The molecule has 0 radical (unpaired) electrons. The summed E-state index contributed by atoms with van der Waals surface area (Å²) in [5.41, 5.74) is 2.44. The molecule has 0 atom stereocenters. The summed E-state index contributed by atoms with van der Waals surface area (Å²) in [5.74, 6) is 0.933. The van der Waals surface area contributed by atoms with Gasteiger partial charge in [0.2, 0.25) is 0 Å². The fourth-order valence-electron chi connectivity index (χ4n) is 1.72. The standard InChI is InChI=1S/C15H22N2O/c1-3-9-17-12-14-11-13(2)6-7-15(14)18-10-5-4-8-16/h6-7,11,17H,3-5,9-10,12H2,1-2H3. The predicted molar refractivity (Wildman–Crippen MR) is 73.5 cm³/mol. The van der Waals surface area contributed by atoms with Crippen LogP contribution < -0.4 is 10.1 Å². The molecule has 0 heterocycles. The molecule has 0 spiro atoms. The minimum absolute atomic E-state index is 0.551. The van der Waals surface area contributed by atoms with Crippen molar-refractivity contribution in [2.75, 3.05) is 13.2 Å². The van der Waals surface area contributed by atoms with E-state index >= 15 is 0 Å². The third kappa shape index (κ3) is 5.20. The second-order valence-corrected chi connectivity index (χ2v) is 4.40. The lowest BCUT2D eigenvalue weighted by Gasteiger charge is -2.12. The van der Waals surface area contributed by atoms with Crippen LogP contribution in [0.4, 0.5) is 0 Å². The van der Waals surface area contributed by atoms with Crippen molar-refractivity contribution in [3.63, 3.8) is 0 Å². The van der Waals surface area contributed by atoms with Crippen molar-refractivity contribution in [3.8, 4) is 11.8 Å². The molecule has 0 saturated heterocycles. The molecule has 3 heteroatoms. The van der Waals surface area contributed by atoms with Crippen molar-refractivity contribution in [1.29, 1.82) is 5.26 Å². The summed E-state index contributed by atoms with van der Waals surface area (Å²) in [5, 5.41) is 11.9. The molecule has 0 bridgehead atoms. The normalized spacial score (nSPS) is 10.1. The number of hydrogen-bond donors (Lipinski definition) is 1. The average Bonchev–Trinajstić information content (AvgIpc) is 2.37. The molecular formula is C15H22N2O. The van der Waals surface area contributed by atoms with Gasteiger partial charge in [-0.05, 0) is 32.4 Å². The van der Waals surface area contributed by atoms with Gasteiger partial charge in [-0.15, -0.1) is 0 Å². The van der Waals surface area contributed by atoms with Crippen LogP contribution in [-0.2, 0) is 6.54 Å². The van der Waals surface area contributed by atoms with E-state index in [1.807, 2.05) is 6.07 Å². The highest BCUT2D eigenvalue weighted by atomic mass is 16.5. The first-order valence-electron chi connectivity index (χ1n) is 6.58. The van der Waals surface area contributed by atoms with Gasteiger partial charge in [-0.2, -0.15) is 5.26 Å². The number of nitriles is 1. The zero-order valence-electron chi connectivity index (χ0n) is 11.3. The summed E-state index contributed by atoms with van der Waals surface area (Å²) in [4.78, 5) is 0. The molecule has 3 nitrogen and oxygen atoms in total. The van der Waals surface area contributed by atoms with Gasteiger partial charge in [-0.25, -0.2) is 0 Å². The Morgan fingerprint density at radius 2 is 2.22 bits per heavy atom. The highest BCUT2D eigenvalue weighted by Gasteiger charge is 2.03. The third-order valence-corrected chi connectivity index (χ3v) is 2.65. The number of unbranched alkanes of at least 4 members (excludes halogenated alkanes) is 1. The maximum atomic E-state index is 8.48. The second kappa shape index (κ2) is 8.54. The summed E-state index contributed by atoms with van der Waals surface area (Å²) in [6, 6.07) is 8.36. The molecule has 18 heavy (non-hydrogen) atoms. The number of rotatable bonds is 8. The molecule has 0 aromatic heterocycles. The maximum Gasteiger partial charge on any atom is 0.123 e. The van der Waals surface area contributed by atoms with Gasteiger partial charge in [-0.1, -0.05) is 24.6 Å². The second-order valence-electron chi connectivity index (χ2n) is 4.40. The Hall–Kier alpha value is -1.53. The topological polar surface area (TPSA) is 45.0 Å². The van der Waals surface area contributed by atoms with Crippen LogP contribution in [0, 0.1) is 18.3 Å².